The van der Waals surface area contributed by atoms with Crippen molar-refractivity contribution in [3.8, 4) is 21.8 Å². The lowest BCUT2D eigenvalue weighted by Crippen LogP contribution is -2.30. The van der Waals surface area contributed by atoms with Crippen LogP contribution in [0.5, 0.6) is 0 Å². The standard InChI is InChI=1S/C22H19N3O2S/c1-2-25(15-20-23-21(24-27-20)19-9-6-14-28-19)22(26)18-12-10-17(11-13-18)16-7-4-3-5-8-16/h3-14H,2,15H2,1H3. The normalized spacial score (nSPS) is 10.8. The summed E-state index contributed by atoms with van der Waals surface area (Å²) in [6, 6.07) is 21.6. The molecule has 28 heavy (non-hydrogen) atoms. The van der Waals surface area contributed by atoms with Crippen molar-refractivity contribution < 1.29 is 9.32 Å². The molecule has 0 atom stereocenters. The summed E-state index contributed by atoms with van der Waals surface area (Å²) in [6.07, 6.45) is 0. The molecule has 5 nitrogen and oxygen atoms in total. The molecule has 1 amide bonds. The van der Waals surface area contributed by atoms with E-state index in [4.69, 9.17) is 4.52 Å². The Morgan fingerprint density at radius 2 is 1.75 bits per heavy atom. The maximum absolute atomic E-state index is 12.9. The Hall–Kier alpha value is -3.25. The van der Waals surface area contributed by atoms with Crippen LogP contribution in [-0.4, -0.2) is 27.5 Å². The zero-order valence-electron chi connectivity index (χ0n) is 15.4. The highest BCUT2D eigenvalue weighted by atomic mass is 32.1. The van der Waals surface area contributed by atoms with Crippen LogP contribution in [0, 0.1) is 0 Å². The Bertz CT molecular complexity index is 1040. The highest BCUT2D eigenvalue weighted by Crippen LogP contribution is 2.22. The Morgan fingerprint density at radius 3 is 2.43 bits per heavy atom. The Balaban J connectivity index is 1.48. The Morgan fingerprint density at radius 1 is 1.00 bits per heavy atom. The van der Waals surface area contributed by atoms with Crippen molar-refractivity contribution in [1.82, 2.24) is 15.0 Å². The molecule has 0 fully saturated rings. The summed E-state index contributed by atoms with van der Waals surface area (Å²) in [5.41, 5.74) is 2.85. The van der Waals surface area contributed by atoms with Crippen LogP contribution in [0.2, 0.25) is 0 Å². The predicted octanol–water partition coefficient (Wildman–Crippen LogP) is 5.13. The molecule has 0 saturated heterocycles. The van der Waals surface area contributed by atoms with Crippen LogP contribution in [0.4, 0.5) is 0 Å². The summed E-state index contributed by atoms with van der Waals surface area (Å²) in [6.45, 7) is 2.77. The van der Waals surface area contributed by atoms with Gasteiger partial charge < -0.3 is 9.42 Å². The van der Waals surface area contributed by atoms with Gasteiger partial charge in [-0.1, -0.05) is 53.7 Å². The fourth-order valence-electron chi connectivity index (χ4n) is 2.93. The summed E-state index contributed by atoms with van der Waals surface area (Å²) in [4.78, 5) is 20.0. The molecule has 6 heteroatoms. The van der Waals surface area contributed by atoms with Crippen LogP contribution in [-0.2, 0) is 6.54 Å². The SMILES string of the molecule is CCN(Cc1nc(-c2cccs2)no1)C(=O)c1ccc(-c2ccccc2)cc1. The van der Waals surface area contributed by atoms with Gasteiger partial charge in [-0.25, -0.2) is 0 Å². The number of aromatic nitrogens is 2. The van der Waals surface area contributed by atoms with Gasteiger partial charge in [-0.15, -0.1) is 11.3 Å². The van der Waals surface area contributed by atoms with Gasteiger partial charge in [0.15, 0.2) is 0 Å². The zero-order valence-corrected chi connectivity index (χ0v) is 16.2. The van der Waals surface area contributed by atoms with E-state index in [1.54, 1.807) is 16.2 Å². The molecule has 4 rings (SSSR count). The van der Waals surface area contributed by atoms with E-state index in [1.807, 2.05) is 66.9 Å². The molecular formula is C22H19N3O2S. The summed E-state index contributed by atoms with van der Waals surface area (Å²) in [5, 5.41) is 5.97. The van der Waals surface area contributed by atoms with Gasteiger partial charge in [0.1, 0.15) is 6.54 Å². The molecule has 2 aromatic carbocycles. The van der Waals surface area contributed by atoms with Gasteiger partial charge in [0.25, 0.3) is 5.91 Å². The quantitative estimate of drug-likeness (QED) is 0.459. The minimum atomic E-state index is -0.0574. The van der Waals surface area contributed by atoms with E-state index >= 15 is 0 Å². The van der Waals surface area contributed by atoms with Crippen molar-refractivity contribution in [1.29, 1.82) is 0 Å². The number of hydrogen-bond acceptors (Lipinski definition) is 5. The predicted molar refractivity (Wildman–Crippen MR) is 110 cm³/mol. The number of rotatable bonds is 6. The van der Waals surface area contributed by atoms with E-state index in [9.17, 15) is 4.79 Å². The minimum Gasteiger partial charge on any atom is -0.337 e. The molecule has 140 valence electrons. The molecule has 0 radical (unpaired) electrons. The molecule has 2 heterocycles. The maximum Gasteiger partial charge on any atom is 0.254 e. The number of thiophene rings is 1. The van der Waals surface area contributed by atoms with Gasteiger partial charge >= 0.3 is 0 Å². The smallest absolute Gasteiger partial charge is 0.254 e. The molecule has 0 bridgehead atoms. The molecule has 0 aliphatic heterocycles. The topological polar surface area (TPSA) is 59.2 Å². The van der Waals surface area contributed by atoms with Crippen LogP contribution in [0.1, 0.15) is 23.2 Å². The lowest BCUT2D eigenvalue weighted by atomic mass is 10.0. The van der Waals surface area contributed by atoms with Crippen LogP contribution in [0.25, 0.3) is 21.8 Å². The first-order chi connectivity index (χ1) is 13.7. The third-order valence-corrected chi connectivity index (χ3v) is 5.31. The van der Waals surface area contributed by atoms with Gasteiger partial charge in [-0.3, -0.25) is 4.79 Å². The number of benzene rings is 2. The van der Waals surface area contributed by atoms with Crippen LogP contribution in [0.3, 0.4) is 0 Å². The fourth-order valence-corrected chi connectivity index (χ4v) is 3.58. The summed E-state index contributed by atoms with van der Waals surface area (Å²) in [5.74, 6) is 0.929. The second-order valence-electron chi connectivity index (χ2n) is 6.25. The minimum absolute atomic E-state index is 0.0574. The number of amides is 1. The largest absolute Gasteiger partial charge is 0.337 e. The molecule has 0 spiro atoms. The summed E-state index contributed by atoms with van der Waals surface area (Å²) < 4.78 is 5.34. The van der Waals surface area contributed by atoms with Crippen LogP contribution >= 0.6 is 11.3 Å². The monoisotopic (exact) mass is 389 g/mol. The van der Waals surface area contributed by atoms with E-state index < -0.39 is 0 Å². The second kappa shape index (κ2) is 8.19. The van der Waals surface area contributed by atoms with Gasteiger partial charge in [0.2, 0.25) is 11.7 Å². The van der Waals surface area contributed by atoms with E-state index in [1.165, 1.54) is 0 Å². The molecule has 0 aliphatic rings. The first-order valence-corrected chi connectivity index (χ1v) is 9.94. The first kappa shape index (κ1) is 18.1. The van der Waals surface area contributed by atoms with Crippen molar-refractivity contribution in [2.45, 2.75) is 13.5 Å². The molecule has 2 aromatic heterocycles. The van der Waals surface area contributed by atoms with E-state index in [2.05, 4.69) is 22.3 Å². The van der Waals surface area contributed by atoms with Crippen LogP contribution in [0.15, 0.2) is 76.6 Å². The highest BCUT2D eigenvalue weighted by molar-refractivity contribution is 7.13. The number of hydrogen-bond donors (Lipinski definition) is 0. The van der Waals surface area contributed by atoms with Gasteiger partial charge in [0, 0.05) is 12.1 Å². The lowest BCUT2D eigenvalue weighted by Gasteiger charge is -2.19. The van der Waals surface area contributed by atoms with Crippen molar-refractivity contribution in [3.63, 3.8) is 0 Å². The first-order valence-electron chi connectivity index (χ1n) is 9.06. The van der Waals surface area contributed by atoms with Gasteiger partial charge in [-0.05, 0) is 41.6 Å². The molecule has 0 aliphatic carbocycles. The van der Waals surface area contributed by atoms with Crippen molar-refractivity contribution in [2.75, 3.05) is 6.54 Å². The van der Waals surface area contributed by atoms with Crippen molar-refractivity contribution in [2.24, 2.45) is 0 Å². The third kappa shape index (κ3) is 3.87. The van der Waals surface area contributed by atoms with Crippen molar-refractivity contribution in [3.05, 3.63) is 83.6 Å². The molecule has 0 saturated carbocycles. The molecule has 4 aromatic rings. The summed E-state index contributed by atoms with van der Waals surface area (Å²) >= 11 is 1.55. The second-order valence-corrected chi connectivity index (χ2v) is 7.20. The Kier molecular flexibility index (Phi) is 5.30. The molecule has 0 N–H and O–H groups in total. The fraction of sp³-hybridized carbons (Fsp3) is 0.136. The van der Waals surface area contributed by atoms with Crippen LogP contribution < -0.4 is 0 Å². The summed E-state index contributed by atoms with van der Waals surface area (Å²) in [7, 11) is 0. The lowest BCUT2D eigenvalue weighted by molar-refractivity contribution is 0.0734. The van der Waals surface area contributed by atoms with Gasteiger partial charge in [-0.2, -0.15) is 4.98 Å². The Labute approximate surface area is 167 Å². The van der Waals surface area contributed by atoms with E-state index in [0.29, 0.717) is 23.8 Å². The zero-order chi connectivity index (χ0) is 19.3. The van der Waals surface area contributed by atoms with Crippen molar-refractivity contribution >= 4 is 17.2 Å². The van der Waals surface area contributed by atoms with E-state index in [-0.39, 0.29) is 12.5 Å². The number of carbonyl (C=O) groups is 1. The van der Waals surface area contributed by atoms with Gasteiger partial charge in [0.05, 0.1) is 4.88 Å². The van der Waals surface area contributed by atoms with E-state index in [0.717, 1.165) is 16.0 Å². The highest BCUT2D eigenvalue weighted by Gasteiger charge is 2.18. The third-order valence-electron chi connectivity index (χ3n) is 4.44. The molecule has 0 unspecified atom stereocenters. The number of carbonyl (C=O) groups excluding carboxylic acids is 1. The average molecular weight is 389 g/mol. The molecular weight excluding hydrogens is 370 g/mol. The maximum atomic E-state index is 12.9. The average Bonchev–Trinajstić information content (AvgIpc) is 3.44. The number of nitrogens with zero attached hydrogens (tertiary/aromatic N) is 3.